The van der Waals surface area contributed by atoms with Crippen molar-refractivity contribution in [3.8, 4) is 11.5 Å². The van der Waals surface area contributed by atoms with E-state index in [4.69, 9.17) is 9.47 Å². The van der Waals surface area contributed by atoms with Crippen LogP contribution in [-0.4, -0.2) is 25.7 Å². The summed E-state index contributed by atoms with van der Waals surface area (Å²) in [4.78, 5) is 12.0. The van der Waals surface area contributed by atoms with Gasteiger partial charge in [-0.05, 0) is 31.5 Å². The molecule has 0 fully saturated rings. The predicted octanol–water partition coefficient (Wildman–Crippen LogP) is 2.79. The zero-order valence-corrected chi connectivity index (χ0v) is 11.7. The van der Waals surface area contributed by atoms with Crippen LogP contribution in [0.25, 0.3) is 0 Å². The van der Waals surface area contributed by atoms with Gasteiger partial charge in [0, 0.05) is 11.6 Å². The molecule has 19 heavy (non-hydrogen) atoms. The van der Waals surface area contributed by atoms with E-state index in [9.17, 15) is 4.79 Å². The maximum Gasteiger partial charge on any atom is 0.251 e. The summed E-state index contributed by atoms with van der Waals surface area (Å²) in [5.41, 5.74) is 0.558. The fraction of sp³-hybridized carbons (Fsp3) is 0.400. The van der Waals surface area contributed by atoms with Gasteiger partial charge in [-0.15, -0.1) is 0 Å². The first kappa shape index (κ1) is 15.1. The lowest BCUT2D eigenvalue weighted by Gasteiger charge is -2.13. The Morgan fingerprint density at radius 3 is 2.79 bits per heavy atom. The third-order valence-electron chi connectivity index (χ3n) is 2.77. The van der Waals surface area contributed by atoms with E-state index >= 15 is 0 Å². The molecule has 1 N–H and O–H groups in total. The Morgan fingerprint density at radius 2 is 2.21 bits per heavy atom. The van der Waals surface area contributed by atoms with Crippen molar-refractivity contribution in [2.45, 2.75) is 26.3 Å². The molecule has 0 aromatic heterocycles. The highest BCUT2D eigenvalue weighted by Gasteiger charge is 2.12. The van der Waals surface area contributed by atoms with E-state index in [2.05, 4.69) is 11.9 Å². The number of nitrogens with one attached hydrogen (secondary N) is 1. The minimum atomic E-state index is -0.108. The summed E-state index contributed by atoms with van der Waals surface area (Å²) in [6.45, 7) is 7.98. The maximum absolute atomic E-state index is 12.0. The quantitative estimate of drug-likeness (QED) is 0.769. The molecular formula is C15H21NO3. The van der Waals surface area contributed by atoms with Gasteiger partial charge < -0.3 is 14.8 Å². The van der Waals surface area contributed by atoms with Gasteiger partial charge >= 0.3 is 0 Å². The fourth-order valence-electron chi connectivity index (χ4n) is 1.49. The topological polar surface area (TPSA) is 47.6 Å². The number of carbonyl (C=O) groups excluding carboxylic acids is 1. The summed E-state index contributed by atoms with van der Waals surface area (Å²) < 4.78 is 10.7. The lowest BCUT2D eigenvalue weighted by molar-refractivity contribution is 0.0939. The second-order valence-electron chi connectivity index (χ2n) is 4.25. The standard InChI is InChI=1S/C15H21NO3/c1-5-9-19-13-8-7-12(10-14(13)18-4)15(17)16-11(3)6-2/h5,7-8,10-11H,1,6,9H2,2-4H3,(H,16,17). The van der Waals surface area contributed by atoms with Crippen LogP contribution in [0.5, 0.6) is 11.5 Å². The first-order valence-corrected chi connectivity index (χ1v) is 6.35. The van der Waals surface area contributed by atoms with Crippen LogP contribution in [0.1, 0.15) is 30.6 Å². The lowest BCUT2D eigenvalue weighted by atomic mass is 10.1. The van der Waals surface area contributed by atoms with Crippen LogP contribution in [0.3, 0.4) is 0 Å². The van der Waals surface area contributed by atoms with Gasteiger partial charge in [0.1, 0.15) is 6.61 Å². The Kier molecular flexibility index (Phi) is 5.93. The largest absolute Gasteiger partial charge is 0.493 e. The Bertz CT molecular complexity index is 443. The molecule has 0 spiro atoms. The molecule has 1 atom stereocenters. The van der Waals surface area contributed by atoms with Gasteiger partial charge in [0.05, 0.1) is 7.11 Å². The van der Waals surface area contributed by atoms with Crippen LogP contribution in [0.2, 0.25) is 0 Å². The summed E-state index contributed by atoms with van der Waals surface area (Å²) in [6, 6.07) is 5.28. The van der Waals surface area contributed by atoms with Crippen molar-refractivity contribution in [2.24, 2.45) is 0 Å². The first-order valence-electron chi connectivity index (χ1n) is 6.35. The van der Waals surface area contributed by atoms with Gasteiger partial charge in [-0.25, -0.2) is 0 Å². The van der Waals surface area contributed by atoms with Crippen molar-refractivity contribution in [1.82, 2.24) is 5.32 Å². The number of ether oxygens (including phenoxy) is 2. The molecule has 1 rings (SSSR count). The molecule has 0 radical (unpaired) electrons. The molecule has 0 heterocycles. The fourth-order valence-corrected chi connectivity index (χ4v) is 1.49. The second kappa shape index (κ2) is 7.46. The number of hydrogen-bond acceptors (Lipinski definition) is 3. The molecule has 0 aliphatic carbocycles. The number of hydrogen-bond donors (Lipinski definition) is 1. The van der Waals surface area contributed by atoms with E-state index in [1.165, 1.54) is 0 Å². The van der Waals surface area contributed by atoms with Crippen LogP contribution in [0.15, 0.2) is 30.9 Å². The number of amides is 1. The molecule has 1 amide bonds. The molecule has 4 nitrogen and oxygen atoms in total. The number of benzene rings is 1. The first-order chi connectivity index (χ1) is 9.12. The van der Waals surface area contributed by atoms with Crippen molar-refractivity contribution >= 4 is 5.91 Å². The van der Waals surface area contributed by atoms with Gasteiger partial charge in [0.15, 0.2) is 11.5 Å². The van der Waals surface area contributed by atoms with E-state index in [-0.39, 0.29) is 11.9 Å². The average Bonchev–Trinajstić information content (AvgIpc) is 2.44. The van der Waals surface area contributed by atoms with E-state index in [0.717, 1.165) is 6.42 Å². The maximum atomic E-state index is 12.0. The molecule has 1 aromatic carbocycles. The van der Waals surface area contributed by atoms with Crippen molar-refractivity contribution < 1.29 is 14.3 Å². The van der Waals surface area contributed by atoms with Gasteiger partial charge in [0.25, 0.3) is 5.91 Å². The molecular weight excluding hydrogens is 242 g/mol. The highest BCUT2D eigenvalue weighted by Crippen LogP contribution is 2.28. The second-order valence-corrected chi connectivity index (χ2v) is 4.25. The van der Waals surface area contributed by atoms with Crippen molar-refractivity contribution in [2.75, 3.05) is 13.7 Å². The Balaban J connectivity index is 2.86. The molecule has 1 aromatic rings. The molecule has 0 aliphatic heterocycles. The van der Waals surface area contributed by atoms with Gasteiger partial charge in [-0.1, -0.05) is 19.6 Å². The molecule has 104 valence electrons. The minimum absolute atomic E-state index is 0.108. The van der Waals surface area contributed by atoms with Crippen molar-refractivity contribution in [1.29, 1.82) is 0 Å². The third-order valence-corrected chi connectivity index (χ3v) is 2.77. The van der Waals surface area contributed by atoms with Gasteiger partial charge in [-0.3, -0.25) is 4.79 Å². The van der Waals surface area contributed by atoms with Crippen LogP contribution in [0.4, 0.5) is 0 Å². The Morgan fingerprint density at radius 1 is 1.47 bits per heavy atom. The molecule has 0 bridgehead atoms. The van der Waals surface area contributed by atoms with Crippen molar-refractivity contribution in [3.05, 3.63) is 36.4 Å². The zero-order valence-electron chi connectivity index (χ0n) is 11.7. The van der Waals surface area contributed by atoms with Gasteiger partial charge in [-0.2, -0.15) is 0 Å². The van der Waals surface area contributed by atoms with Crippen LogP contribution in [0, 0.1) is 0 Å². The molecule has 0 aliphatic rings. The van der Waals surface area contributed by atoms with E-state index in [1.54, 1.807) is 31.4 Å². The summed E-state index contributed by atoms with van der Waals surface area (Å²) >= 11 is 0. The van der Waals surface area contributed by atoms with E-state index in [1.807, 2.05) is 13.8 Å². The van der Waals surface area contributed by atoms with Crippen LogP contribution < -0.4 is 14.8 Å². The number of rotatable bonds is 7. The minimum Gasteiger partial charge on any atom is -0.493 e. The Labute approximate surface area is 114 Å². The zero-order chi connectivity index (χ0) is 14.3. The van der Waals surface area contributed by atoms with E-state index in [0.29, 0.717) is 23.7 Å². The van der Waals surface area contributed by atoms with Gasteiger partial charge in [0.2, 0.25) is 0 Å². The third kappa shape index (κ3) is 4.32. The SMILES string of the molecule is C=CCOc1ccc(C(=O)NC(C)CC)cc1OC. The molecule has 0 saturated heterocycles. The lowest BCUT2D eigenvalue weighted by Crippen LogP contribution is -2.31. The predicted molar refractivity (Wildman–Crippen MR) is 75.9 cm³/mol. The monoisotopic (exact) mass is 263 g/mol. The number of methoxy groups -OCH3 is 1. The summed E-state index contributed by atoms with van der Waals surface area (Å²) in [5, 5.41) is 2.91. The molecule has 0 saturated carbocycles. The van der Waals surface area contributed by atoms with Crippen molar-refractivity contribution in [3.63, 3.8) is 0 Å². The summed E-state index contributed by atoms with van der Waals surface area (Å²) in [5.74, 6) is 1.03. The number of carbonyl (C=O) groups is 1. The molecule has 1 unspecified atom stereocenters. The average molecular weight is 263 g/mol. The molecule has 4 heteroatoms. The highest BCUT2D eigenvalue weighted by atomic mass is 16.5. The highest BCUT2D eigenvalue weighted by molar-refractivity contribution is 5.95. The van der Waals surface area contributed by atoms with Crippen LogP contribution >= 0.6 is 0 Å². The smallest absolute Gasteiger partial charge is 0.251 e. The summed E-state index contributed by atoms with van der Waals surface area (Å²) in [6.07, 6.45) is 2.55. The van der Waals surface area contributed by atoms with Crippen LogP contribution in [-0.2, 0) is 0 Å². The normalized spacial score (nSPS) is 11.5. The summed E-state index contributed by atoms with van der Waals surface area (Å²) in [7, 11) is 1.55. The Hall–Kier alpha value is -1.97. The van der Waals surface area contributed by atoms with E-state index < -0.39 is 0 Å².